The zero-order valence-corrected chi connectivity index (χ0v) is 19.1. The van der Waals surface area contributed by atoms with Crippen LogP contribution >= 0.6 is 27.7 Å². The summed E-state index contributed by atoms with van der Waals surface area (Å²) in [6.45, 7) is 4.02. The molecule has 1 atom stereocenters. The summed E-state index contributed by atoms with van der Waals surface area (Å²) >= 11 is 5.08. The first kappa shape index (κ1) is 23.2. The zero-order chi connectivity index (χ0) is 20.2. The number of halogens is 1. The summed E-state index contributed by atoms with van der Waals surface area (Å²) in [5.41, 5.74) is 0.547. The van der Waals surface area contributed by atoms with Crippen molar-refractivity contribution in [2.45, 2.75) is 44.6 Å². The van der Waals surface area contributed by atoms with Gasteiger partial charge in [0.05, 0.1) is 5.56 Å². The molecule has 1 unspecified atom stereocenters. The molecular formula is C21H32BrN3O2S. The molecule has 28 heavy (non-hydrogen) atoms. The number of thioether (sulfide) groups is 1. The fourth-order valence-corrected chi connectivity index (χ4v) is 4.32. The van der Waals surface area contributed by atoms with Crippen LogP contribution in [-0.4, -0.2) is 60.9 Å². The van der Waals surface area contributed by atoms with Gasteiger partial charge in [0.2, 0.25) is 5.91 Å². The van der Waals surface area contributed by atoms with Crippen LogP contribution in [-0.2, 0) is 4.79 Å². The highest BCUT2D eigenvalue weighted by Crippen LogP contribution is 2.16. The van der Waals surface area contributed by atoms with E-state index in [0.29, 0.717) is 18.5 Å². The van der Waals surface area contributed by atoms with Crippen molar-refractivity contribution in [2.75, 3.05) is 38.2 Å². The first-order valence-electron chi connectivity index (χ1n) is 10.2. The quantitative estimate of drug-likeness (QED) is 0.513. The molecule has 1 aromatic rings. The van der Waals surface area contributed by atoms with E-state index in [4.69, 9.17) is 0 Å². The molecule has 2 amide bonds. The minimum absolute atomic E-state index is 0.0923. The van der Waals surface area contributed by atoms with Gasteiger partial charge in [0.1, 0.15) is 6.04 Å². The van der Waals surface area contributed by atoms with Gasteiger partial charge in [-0.05, 0) is 85.4 Å². The molecule has 0 spiro atoms. The van der Waals surface area contributed by atoms with Crippen LogP contribution in [0.5, 0.6) is 0 Å². The van der Waals surface area contributed by atoms with E-state index in [1.807, 2.05) is 24.5 Å². The number of benzene rings is 1. The topological polar surface area (TPSA) is 61.4 Å². The molecule has 5 nitrogen and oxygen atoms in total. The molecule has 2 N–H and O–H groups in total. The summed E-state index contributed by atoms with van der Waals surface area (Å²) in [5, 5.41) is 5.92. The molecule has 1 fully saturated rings. The Morgan fingerprint density at radius 2 is 1.89 bits per heavy atom. The van der Waals surface area contributed by atoms with Gasteiger partial charge < -0.3 is 15.5 Å². The highest BCUT2D eigenvalue weighted by atomic mass is 79.9. The molecule has 1 aliphatic rings. The number of nitrogens with zero attached hydrogens (tertiary/aromatic N) is 1. The Hall–Kier alpha value is -1.05. The second-order valence-electron chi connectivity index (χ2n) is 7.19. The summed E-state index contributed by atoms with van der Waals surface area (Å²) in [7, 11) is 0. The van der Waals surface area contributed by atoms with Crippen LogP contribution in [0.1, 0.15) is 48.9 Å². The van der Waals surface area contributed by atoms with Crippen molar-refractivity contribution in [3.63, 3.8) is 0 Å². The first-order valence-corrected chi connectivity index (χ1v) is 12.3. The predicted octanol–water partition coefficient (Wildman–Crippen LogP) is 3.68. The number of amides is 2. The molecule has 1 aliphatic heterocycles. The molecule has 0 bridgehead atoms. The highest BCUT2D eigenvalue weighted by molar-refractivity contribution is 9.10. The maximum absolute atomic E-state index is 12.6. The van der Waals surface area contributed by atoms with E-state index in [1.165, 1.54) is 38.8 Å². The molecule has 1 saturated heterocycles. The van der Waals surface area contributed by atoms with Gasteiger partial charge in [-0.2, -0.15) is 11.8 Å². The molecule has 1 aromatic carbocycles. The Morgan fingerprint density at radius 3 is 2.57 bits per heavy atom. The molecule has 2 rings (SSSR count). The van der Waals surface area contributed by atoms with Gasteiger partial charge in [0.25, 0.3) is 5.91 Å². The molecular weight excluding hydrogens is 438 g/mol. The fraction of sp³-hybridized carbons (Fsp3) is 0.619. The number of hydrogen-bond donors (Lipinski definition) is 2. The number of nitrogens with one attached hydrogen (secondary N) is 2. The van der Waals surface area contributed by atoms with E-state index in [0.717, 1.165) is 23.2 Å². The van der Waals surface area contributed by atoms with Crippen molar-refractivity contribution in [1.82, 2.24) is 15.5 Å². The van der Waals surface area contributed by atoms with Gasteiger partial charge in [-0.15, -0.1) is 0 Å². The average Bonchev–Trinajstić information content (AvgIpc) is 2.97. The summed E-state index contributed by atoms with van der Waals surface area (Å²) < 4.78 is 0.731. The lowest BCUT2D eigenvalue weighted by atomic mass is 10.1. The highest BCUT2D eigenvalue weighted by Gasteiger charge is 2.21. The number of likely N-dealkylation sites (tertiary alicyclic amines) is 1. The Morgan fingerprint density at radius 1 is 1.18 bits per heavy atom. The van der Waals surface area contributed by atoms with Crippen molar-refractivity contribution in [2.24, 2.45) is 0 Å². The lowest BCUT2D eigenvalue weighted by Crippen LogP contribution is -2.47. The van der Waals surface area contributed by atoms with E-state index >= 15 is 0 Å². The van der Waals surface area contributed by atoms with Gasteiger partial charge in [-0.25, -0.2) is 0 Å². The third-order valence-corrected chi connectivity index (χ3v) is 6.34. The van der Waals surface area contributed by atoms with Gasteiger partial charge in [-0.3, -0.25) is 9.59 Å². The predicted molar refractivity (Wildman–Crippen MR) is 121 cm³/mol. The van der Waals surface area contributed by atoms with Gasteiger partial charge in [-0.1, -0.05) is 25.0 Å². The molecule has 0 radical (unpaired) electrons. The van der Waals surface area contributed by atoms with Crippen LogP contribution in [0.4, 0.5) is 0 Å². The van der Waals surface area contributed by atoms with Gasteiger partial charge in [0, 0.05) is 11.0 Å². The lowest BCUT2D eigenvalue weighted by Gasteiger charge is -2.21. The second-order valence-corrected chi connectivity index (χ2v) is 9.03. The van der Waals surface area contributed by atoms with Crippen LogP contribution in [0.3, 0.4) is 0 Å². The first-order chi connectivity index (χ1) is 13.6. The molecule has 0 aliphatic carbocycles. The van der Waals surface area contributed by atoms with E-state index in [9.17, 15) is 9.59 Å². The Labute approximate surface area is 181 Å². The van der Waals surface area contributed by atoms with Crippen LogP contribution in [0.15, 0.2) is 28.7 Å². The monoisotopic (exact) mass is 469 g/mol. The normalized spacial score (nSPS) is 16.2. The number of hydrogen-bond acceptors (Lipinski definition) is 4. The minimum Gasteiger partial charge on any atom is -0.354 e. The van der Waals surface area contributed by atoms with E-state index < -0.39 is 6.04 Å². The van der Waals surface area contributed by atoms with Crippen molar-refractivity contribution >= 4 is 39.5 Å². The summed E-state index contributed by atoms with van der Waals surface area (Å²) in [6.07, 6.45) is 8.80. The van der Waals surface area contributed by atoms with Crippen molar-refractivity contribution in [3.8, 4) is 0 Å². The van der Waals surface area contributed by atoms with Crippen LogP contribution < -0.4 is 10.6 Å². The second kappa shape index (κ2) is 13.2. The van der Waals surface area contributed by atoms with Crippen molar-refractivity contribution < 1.29 is 9.59 Å². The standard InChI is InChI=1S/C21H32BrN3O2S/c1-28-16-11-19(24-20(26)17-9-4-5-10-18(17)22)21(27)23-12-8-15-25-13-6-2-3-7-14-25/h4-5,9-10,19H,2-3,6-8,11-16H2,1H3,(H,23,27)(H,24,26). The average molecular weight is 470 g/mol. The number of rotatable bonds is 10. The summed E-state index contributed by atoms with van der Waals surface area (Å²) in [6, 6.07) is 6.76. The zero-order valence-electron chi connectivity index (χ0n) is 16.7. The SMILES string of the molecule is CSCCC(NC(=O)c1ccccc1Br)C(=O)NCCCN1CCCCCC1. The Kier molecular flexibility index (Phi) is 11.0. The molecule has 1 heterocycles. The van der Waals surface area contributed by atoms with Crippen LogP contribution in [0.25, 0.3) is 0 Å². The van der Waals surface area contributed by atoms with E-state index in [2.05, 4.69) is 31.5 Å². The fourth-order valence-electron chi connectivity index (χ4n) is 3.38. The number of carbonyl (C=O) groups excluding carboxylic acids is 2. The Bertz CT molecular complexity index is 621. The van der Waals surface area contributed by atoms with Crippen LogP contribution in [0, 0.1) is 0 Å². The lowest BCUT2D eigenvalue weighted by molar-refractivity contribution is -0.123. The molecule has 156 valence electrons. The van der Waals surface area contributed by atoms with E-state index in [-0.39, 0.29) is 11.8 Å². The Balaban J connectivity index is 1.81. The molecule has 7 heteroatoms. The number of carbonyl (C=O) groups is 2. The third kappa shape index (κ3) is 8.13. The minimum atomic E-state index is -0.509. The largest absolute Gasteiger partial charge is 0.354 e. The molecule has 0 saturated carbocycles. The van der Waals surface area contributed by atoms with E-state index in [1.54, 1.807) is 17.8 Å². The van der Waals surface area contributed by atoms with Crippen molar-refractivity contribution in [3.05, 3.63) is 34.3 Å². The molecule has 0 aromatic heterocycles. The third-order valence-electron chi connectivity index (χ3n) is 5.00. The van der Waals surface area contributed by atoms with Gasteiger partial charge >= 0.3 is 0 Å². The maximum atomic E-state index is 12.6. The van der Waals surface area contributed by atoms with Gasteiger partial charge in [0.15, 0.2) is 0 Å². The smallest absolute Gasteiger partial charge is 0.253 e. The van der Waals surface area contributed by atoms with Crippen LogP contribution in [0.2, 0.25) is 0 Å². The van der Waals surface area contributed by atoms with Crippen molar-refractivity contribution in [1.29, 1.82) is 0 Å². The maximum Gasteiger partial charge on any atom is 0.253 e. The summed E-state index contributed by atoms with van der Waals surface area (Å²) in [4.78, 5) is 27.7. The summed E-state index contributed by atoms with van der Waals surface area (Å²) in [5.74, 6) is 0.505.